The molecule has 2 aromatic carbocycles. The maximum atomic E-state index is 12.9. The first-order valence-electron chi connectivity index (χ1n) is 8.59. The van der Waals surface area contributed by atoms with Crippen molar-refractivity contribution in [2.24, 2.45) is 5.92 Å². The molecule has 6 heteroatoms. The average Bonchev–Trinajstić information content (AvgIpc) is 2.66. The summed E-state index contributed by atoms with van der Waals surface area (Å²) in [5, 5.41) is 11.5. The van der Waals surface area contributed by atoms with Crippen molar-refractivity contribution >= 4 is 23.5 Å². The predicted octanol–water partition coefficient (Wildman–Crippen LogP) is 3.72. The fourth-order valence-corrected chi connectivity index (χ4v) is 4.37. The lowest BCUT2D eigenvalue weighted by atomic mass is 9.98. The van der Waals surface area contributed by atoms with Crippen LogP contribution in [-0.2, 0) is 15.3 Å². The summed E-state index contributed by atoms with van der Waals surface area (Å²) >= 11 is 1.58. The van der Waals surface area contributed by atoms with Crippen molar-refractivity contribution in [2.75, 3.05) is 18.2 Å². The molecule has 2 aliphatic heterocycles. The molecule has 1 amide bonds. The van der Waals surface area contributed by atoms with E-state index in [9.17, 15) is 9.90 Å². The highest BCUT2D eigenvalue weighted by molar-refractivity contribution is 7.96. The highest BCUT2D eigenvalue weighted by atomic mass is 32.2. The SMILES string of the molecule is O=C1CC2COCC=C2N(SCc2ccccc2)N1c1cccc(O)c1. The Bertz CT molecular complexity index is 825. The molecule has 0 aromatic heterocycles. The van der Waals surface area contributed by atoms with E-state index in [1.807, 2.05) is 34.8 Å². The largest absolute Gasteiger partial charge is 0.508 e. The number of carbonyl (C=O) groups is 1. The Hall–Kier alpha value is -2.44. The second-order valence-electron chi connectivity index (χ2n) is 6.32. The Morgan fingerprint density at radius 1 is 1.15 bits per heavy atom. The van der Waals surface area contributed by atoms with Gasteiger partial charge in [-0.3, -0.25) is 4.79 Å². The minimum atomic E-state index is 0.00353. The minimum Gasteiger partial charge on any atom is -0.508 e. The number of anilines is 1. The predicted molar refractivity (Wildman–Crippen MR) is 102 cm³/mol. The zero-order valence-electron chi connectivity index (χ0n) is 14.2. The molecule has 0 radical (unpaired) electrons. The van der Waals surface area contributed by atoms with Crippen LogP contribution in [0.15, 0.2) is 66.4 Å². The van der Waals surface area contributed by atoms with Gasteiger partial charge in [0.2, 0.25) is 5.91 Å². The van der Waals surface area contributed by atoms with E-state index < -0.39 is 0 Å². The van der Waals surface area contributed by atoms with Crippen LogP contribution in [-0.4, -0.2) is 28.6 Å². The Morgan fingerprint density at radius 3 is 2.81 bits per heavy atom. The maximum Gasteiger partial charge on any atom is 0.247 e. The number of hydrazine groups is 1. The van der Waals surface area contributed by atoms with Gasteiger partial charge in [-0.25, -0.2) is 9.42 Å². The van der Waals surface area contributed by atoms with Gasteiger partial charge in [0.1, 0.15) is 5.75 Å². The van der Waals surface area contributed by atoms with Crippen molar-refractivity contribution in [3.05, 3.63) is 71.9 Å². The number of phenolic OH excluding ortho intramolecular Hbond substituents is 1. The van der Waals surface area contributed by atoms with Gasteiger partial charge in [0, 0.05) is 24.2 Å². The van der Waals surface area contributed by atoms with Gasteiger partial charge < -0.3 is 9.84 Å². The third-order valence-corrected chi connectivity index (χ3v) is 5.56. The lowest BCUT2D eigenvalue weighted by Gasteiger charge is -2.44. The van der Waals surface area contributed by atoms with Gasteiger partial charge in [0.05, 0.1) is 24.6 Å². The van der Waals surface area contributed by atoms with E-state index in [0.717, 1.165) is 11.4 Å². The quantitative estimate of drug-likeness (QED) is 0.834. The first-order valence-corrected chi connectivity index (χ1v) is 9.53. The molecule has 134 valence electrons. The Balaban J connectivity index is 1.67. The zero-order valence-corrected chi connectivity index (χ0v) is 15.1. The molecule has 26 heavy (non-hydrogen) atoms. The number of hydrogen-bond acceptors (Lipinski definition) is 5. The fraction of sp³-hybridized carbons (Fsp3) is 0.250. The second-order valence-corrected chi connectivity index (χ2v) is 7.22. The van der Waals surface area contributed by atoms with Gasteiger partial charge in [-0.2, -0.15) is 0 Å². The molecule has 0 spiro atoms. The molecule has 1 saturated heterocycles. The van der Waals surface area contributed by atoms with E-state index in [-0.39, 0.29) is 17.6 Å². The van der Waals surface area contributed by atoms with E-state index >= 15 is 0 Å². The number of rotatable bonds is 4. The molecular weight excluding hydrogens is 348 g/mol. The number of phenols is 1. The van der Waals surface area contributed by atoms with Crippen LogP contribution >= 0.6 is 11.9 Å². The van der Waals surface area contributed by atoms with Crippen LogP contribution in [0.5, 0.6) is 5.75 Å². The molecule has 1 N–H and O–H groups in total. The van der Waals surface area contributed by atoms with Crippen LogP contribution < -0.4 is 5.01 Å². The molecule has 5 nitrogen and oxygen atoms in total. The number of amides is 1. The maximum absolute atomic E-state index is 12.9. The van der Waals surface area contributed by atoms with Crippen molar-refractivity contribution in [2.45, 2.75) is 12.2 Å². The smallest absolute Gasteiger partial charge is 0.247 e. The summed E-state index contributed by atoms with van der Waals surface area (Å²) in [6, 6.07) is 17.0. The summed E-state index contributed by atoms with van der Waals surface area (Å²) < 4.78 is 7.51. The first kappa shape index (κ1) is 17.0. The molecule has 0 saturated carbocycles. The van der Waals surface area contributed by atoms with Gasteiger partial charge in [-0.15, -0.1) is 0 Å². The van der Waals surface area contributed by atoms with Crippen LogP contribution in [0, 0.1) is 5.92 Å². The third-order valence-electron chi connectivity index (χ3n) is 4.48. The van der Waals surface area contributed by atoms with Gasteiger partial charge in [0.25, 0.3) is 0 Å². The molecule has 1 atom stereocenters. The number of ether oxygens (including phenoxy) is 1. The van der Waals surface area contributed by atoms with Crippen molar-refractivity contribution in [1.82, 2.24) is 4.41 Å². The Kier molecular flexibility index (Phi) is 4.86. The summed E-state index contributed by atoms with van der Waals surface area (Å²) in [5.74, 6) is 0.970. The van der Waals surface area contributed by atoms with Crippen LogP contribution in [0.1, 0.15) is 12.0 Å². The molecule has 2 heterocycles. The van der Waals surface area contributed by atoms with E-state index in [2.05, 4.69) is 12.1 Å². The standard InChI is InChI=1S/C20H20N2O3S/c23-18-8-4-7-17(12-18)21-20(24)11-16-13-25-10-9-19(16)22(21)26-14-15-5-2-1-3-6-15/h1-9,12,16,23H,10-11,13-14H2. The summed E-state index contributed by atoms with van der Waals surface area (Å²) in [6.45, 7) is 1.12. The molecule has 4 rings (SSSR count). The van der Waals surface area contributed by atoms with Crippen molar-refractivity contribution in [3.63, 3.8) is 0 Å². The van der Waals surface area contributed by atoms with Crippen LogP contribution in [0.25, 0.3) is 0 Å². The van der Waals surface area contributed by atoms with Gasteiger partial charge >= 0.3 is 0 Å². The third kappa shape index (κ3) is 3.43. The van der Waals surface area contributed by atoms with E-state index in [1.54, 1.807) is 35.2 Å². The highest BCUT2D eigenvalue weighted by Gasteiger charge is 2.38. The minimum absolute atomic E-state index is 0.00353. The van der Waals surface area contributed by atoms with Crippen LogP contribution in [0.4, 0.5) is 5.69 Å². The van der Waals surface area contributed by atoms with Crippen LogP contribution in [0.2, 0.25) is 0 Å². The molecule has 1 fully saturated rings. The van der Waals surface area contributed by atoms with Crippen molar-refractivity contribution in [1.29, 1.82) is 0 Å². The Labute approximate surface area is 157 Å². The second kappa shape index (κ2) is 7.43. The number of carbonyl (C=O) groups excluding carboxylic acids is 1. The van der Waals surface area contributed by atoms with E-state index in [0.29, 0.717) is 25.3 Å². The summed E-state index contributed by atoms with van der Waals surface area (Å²) in [7, 11) is 0. The summed E-state index contributed by atoms with van der Waals surface area (Å²) in [5.41, 5.74) is 2.96. The molecule has 2 aliphatic rings. The fourth-order valence-electron chi connectivity index (χ4n) is 3.23. The Morgan fingerprint density at radius 2 is 2.00 bits per heavy atom. The number of nitrogens with zero attached hydrogens (tertiary/aromatic N) is 2. The summed E-state index contributed by atoms with van der Waals surface area (Å²) in [4.78, 5) is 12.9. The number of hydrogen-bond donors (Lipinski definition) is 1. The molecular formula is C20H20N2O3S. The van der Waals surface area contributed by atoms with Gasteiger partial charge in [-0.1, -0.05) is 36.4 Å². The van der Waals surface area contributed by atoms with Gasteiger partial charge in [-0.05, 0) is 35.7 Å². The topological polar surface area (TPSA) is 53.0 Å². The highest BCUT2D eigenvalue weighted by Crippen LogP contribution is 2.39. The molecule has 0 bridgehead atoms. The first-order chi connectivity index (χ1) is 12.7. The van der Waals surface area contributed by atoms with Crippen LogP contribution in [0.3, 0.4) is 0 Å². The normalized spacial score (nSPS) is 19.9. The lowest BCUT2D eigenvalue weighted by molar-refractivity contribution is -0.123. The van der Waals surface area contributed by atoms with Gasteiger partial charge in [0.15, 0.2) is 0 Å². The van der Waals surface area contributed by atoms with E-state index in [1.165, 1.54) is 5.56 Å². The average molecular weight is 368 g/mol. The zero-order chi connectivity index (χ0) is 17.9. The number of aromatic hydroxyl groups is 1. The van der Waals surface area contributed by atoms with Crippen molar-refractivity contribution in [3.8, 4) is 5.75 Å². The monoisotopic (exact) mass is 368 g/mol. The summed E-state index contributed by atoms with van der Waals surface area (Å²) in [6.07, 6.45) is 2.46. The number of benzene rings is 2. The van der Waals surface area contributed by atoms with E-state index in [4.69, 9.17) is 4.74 Å². The molecule has 1 unspecified atom stereocenters. The van der Waals surface area contributed by atoms with Crippen molar-refractivity contribution < 1.29 is 14.6 Å². The molecule has 0 aliphatic carbocycles. The lowest BCUT2D eigenvalue weighted by Crippen LogP contribution is -2.51. The number of fused-ring (bicyclic) bond motifs is 1. The molecule has 2 aromatic rings.